The predicted octanol–water partition coefficient (Wildman–Crippen LogP) is 3.77. The van der Waals surface area contributed by atoms with Gasteiger partial charge in [-0.15, -0.1) is 0 Å². The second-order valence-corrected chi connectivity index (χ2v) is 5.28. The monoisotopic (exact) mass is 344 g/mol. The molecular weight excluding hydrogens is 335 g/mol. The fourth-order valence-corrected chi connectivity index (χ4v) is 2.22. The Morgan fingerprint density at radius 1 is 1.53 bits per heavy atom. The molecule has 0 saturated heterocycles. The Kier molecular flexibility index (Phi) is 4.06. The second kappa shape index (κ2) is 5.43. The molecule has 0 aliphatic heterocycles. The highest BCUT2D eigenvalue weighted by Crippen LogP contribution is 2.28. The van der Waals surface area contributed by atoms with Gasteiger partial charge in [0.1, 0.15) is 5.69 Å². The van der Waals surface area contributed by atoms with E-state index in [2.05, 4.69) is 21.0 Å². The summed E-state index contributed by atoms with van der Waals surface area (Å²) in [5.41, 5.74) is 1.07. The molecule has 6 heteroatoms. The van der Waals surface area contributed by atoms with E-state index in [-0.39, 0.29) is 10.6 Å². The quantitative estimate of drug-likeness (QED) is 0.627. The van der Waals surface area contributed by atoms with E-state index in [0.717, 1.165) is 5.69 Å². The fraction of sp³-hybridized carbons (Fsp3) is 0.231. The third-order valence-corrected chi connectivity index (χ3v) is 4.06. The van der Waals surface area contributed by atoms with Gasteiger partial charge in [0.15, 0.2) is 5.82 Å². The van der Waals surface area contributed by atoms with E-state index >= 15 is 0 Å². The van der Waals surface area contributed by atoms with Gasteiger partial charge in [-0.3, -0.25) is 9.48 Å². The van der Waals surface area contributed by atoms with Crippen LogP contribution in [0.2, 0.25) is 5.02 Å². The van der Waals surface area contributed by atoms with Crippen molar-refractivity contribution >= 4 is 33.3 Å². The summed E-state index contributed by atoms with van der Waals surface area (Å²) < 4.78 is 15.9. The van der Waals surface area contributed by atoms with E-state index in [1.807, 2.05) is 6.92 Å². The Balaban J connectivity index is 2.50. The SMILES string of the molecule is CCc1cc(C(=O)c2ccc(Br)c(Cl)c2F)n(C)n1. The summed E-state index contributed by atoms with van der Waals surface area (Å²) in [5.74, 6) is -1.15. The van der Waals surface area contributed by atoms with Crippen LogP contribution in [0.25, 0.3) is 0 Å². The number of carbonyl (C=O) groups is 1. The van der Waals surface area contributed by atoms with Crippen LogP contribution in [0.5, 0.6) is 0 Å². The number of rotatable bonds is 3. The molecule has 3 nitrogen and oxygen atoms in total. The molecule has 0 spiro atoms. The number of halogens is 3. The standard InChI is InChI=1S/C13H11BrClFN2O/c1-3-7-6-10(18(2)17-7)13(19)8-4-5-9(14)11(15)12(8)16/h4-6H,3H2,1-2H3. The van der Waals surface area contributed by atoms with Gasteiger partial charge < -0.3 is 0 Å². The van der Waals surface area contributed by atoms with Crippen LogP contribution in [-0.4, -0.2) is 15.6 Å². The number of hydrogen-bond acceptors (Lipinski definition) is 2. The Bertz CT molecular complexity index is 654. The molecule has 0 N–H and O–H groups in total. The topological polar surface area (TPSA) is 34.9 Å². The summed E-state index contributed by atoms with van der Waals surface area (Å²) in [6.07, 6.45) is 0.713. The number of hydrogen-bond donors (Lipinski definition) is 0. The molecule has 1 aromatic carbocycles. The Morgan fingerprint density at radius 2 is 2.21 bits per heavy atom. The van der Waals surface area contributed by atoms with Crippen molar-refractivity contribution in [3.05, 3.63) is 50.5 Å². The first-order chi connectivity index (χ1) is 8.95. The van der Waals surface area contributed by atoms with Crippen LogP contribution in [0.4, 0.5) is 4.39 Å². The lowest BCUT2D eigenvalue weighted by atomic mass is 10.1. The van der Waals surface area contributed by atoms with Gasteiger partial charge in [-0.25, -0.2) is 4.39 Å². The molecule has 0 fully saturated rings. The third-order valence-electron chi connectivity index (χ3n) is 2.81. The normalized spacial score (nSPS) is 10.8. The van der Waals surface area contributed by atoms with Crippen molar-refractivity contribution in [2.75, 3.05) is 0 Å². The molecule has 0 aliphatic rings. The Labute approximate surface area is 123 Å². The van der Waals surface area contributed by atoms with Gasteiger partial charge in [-0.05, 0) is 40.5 Å². The molecule has 0 atom stereocenters. The van der Waals surface area contributed by atoms with Crippen LogP contribution < -0.4 is 0 Å². The lowest BCUT2D eigenvalue weighted by molar-refractivity contribution is 0.102. The van der Waals surface area contributed by atoms with Crippen LogP contribution in [0.15, 0.2) is 22.7 Å². The Hall–Kier alpha value is -1.20. The number of aryl methyl sites for hydroxylation is 2. The predicted molar refractivity (Wildman–Crippen MR) is 75.1 cm³/mol. The van der Waals surface area contributed by atoms with Gasteiger partial charge in [-0.2, -0.15) is 5.10 Å². The average Bonchev–Trinajstić information content (AvgIpc) is 2.77. The fourth-order valence-electron chi connectivity index (χ4n) is 1.75. The maximum Gasteiger partial charge on any atom is 0.214 e. The maximum absolute atomic E-state index is 14.0. The van der Waals surface area contributed by atoms with E-state index in [1.165, 1.54) is 10.7 Å². The molecule has 0 radical (unpaired) electrons. The van der Waals surface area contributed by atoms with Crippen molar-refractivity contribution in [1.29, 1.82) is 0 Å². The molecule has 0 amide bonds. The minimum atomic E-state index is -0.722. The number of benzene rings is 1. The summed E-state index contributed by atoms with van der Waals surface area (Å²) in [6.45, 7) is 1.94. The lowest BCUT2D eigenvalue weighted by Crippen LogP contribution is -2.10. The van der Waals surface area contributed by atoms with Crippen molar-refractivity contribution in [3.63, 3.8) is 0 Å². The van der Waals surface area contributed by atoms with E-state index in [9.17, 15) is 9.18 Å². The second-order valence-electron chi connectivity index (χ2n) is 4.05. The van der Waals surface area contributed by atoms with E-state index < -0.39 is 11.6 Å². The van der Waals surface area contributed by atoms with Crippen molar-refractivity contribution in [1.82, 2.24) is 9.78 Å². The van der Waals surface area contributed by atoms with Crippen molar-refractivity contribution in [3.8, 4) is 0 Å². The molecule has 100 valence electrons. The first-order valence-electron chi connectivity index (χ1n) is 5.66. The van der Waals surface area contributed by atoms with Crippen LogP contribution in [0.3, 0.4) is 0 Å². The molecule has 1 aromatic heterocycles. The number of aromatic nitrogens is 2. The van der Waals surface area contributed by atoms with E-state index in [0.29, 0.717) is 16.6 Å². The maximum atomic E-state index is 14.0. The first-order valence-corrected chi connectivity index (χ1v) is 6.84. The highest BCUT2D eigenvalue weighted by molar-refractivity contribution is 9.10. The zero-order chi connectivity index (χ0) is 14.2. The molecule has 1 heterocycles. The minimum Gasteiger partial charge on any atom is -0.287 e. The van der Waals surface area contributed by atoms with Gasteiger partial charge in [0, 0.05) is 11.5 Å². The van der Waals surface area contributed by atoms with E-state index in [4.69, 9.17) is 11.6 Å². The highest BCUT2D eigenvalue weighted by atomic mass is 79.9. The van der Waals surface area contributed by atoms with Crippen LogP contribution in [0, 0.1) is 5.82 Å². The van der Waals surface area contributed by atoms with Crippen molar-refractivity contribution in [2.24, 2.45) is 7.05 Å². The van der Waals surface area contributed by atoms with Gasteiger partial charge in [0.05, 0.1) is 16.3 Å². The highest BCUT2D eigenvalue weighted by Gasteiger charge is 2.21. The zero-order valence-electron chi connectivity index (χ0n) is 10.4. The Morgan fingerprint density at radius 3 is 2.79 bits per heavy atom. The molecule has 2 rings (SSSR count). The van der Waals surface area contributed by atoms with Gasteiger partial charge in [-0.1, -0.05) is 18.5 Å². The summed E-state index contributed by atoms with van der Waals surface area (Å²) in [5, 5.41) is 4.08. The minimum absolute atomic E-state index is 0.0566. The summed E-state index contributed by atoms with van der Waals surface area (Å²) in [4.78, 5) is 12.3. The summed E-state index contributed by atoms with van der Waals surface area (Å²) in [7, 11) is 1.66. The van der Waals surface area contributed by atoms with Gasteiger partial charge in [0.2, 0.25) is 5.78 Å². The van der Waals surface area contributed by atoms with Crippen LogP contribution in [-0.2, 0) is 13.5 Å². The van der Waals surface area contributed by atoms with Crippen molar-refractivity contribution < 1.29 is 9.18 Å². The molecule has 0 bridgehead atoms. The van der Waals surface area contributed by atoms with E-state index in [1.54, 1.807) is 19.2 Å². The largest absolute Gasteiger partial charge is 0.287 e. The zero-order valence-corrected chi connectivity index (χ0v) is 12.7. The molecule has 0 saturated carbocycles. The van der Waals surface area contributed by atoms with Crippen LogP contribution in [0.1, 0.15) is 28.7 Å². The average molecular weight is 346 g/mol. The molecular formula is C13H11BrClFN2O. The summed E-state index contributed by atoms with van der Waals surface area (Å²) >= 11 is 8.90. The van der Waals surface area contributed by atoms with Crippen molar-refractivity contribution in [2.45, 2.75) is 13.3 Å². The first kappa shape index (κ1) is 14.2. The van der Waals surface area contributed by atoms with Gasteiger partial charge >= 0.3 is 0 Å². The molecule has 0 aliphatic carbocycles. The van der Waals surface area contributed by atoms with Gasteiger partial charge in [0.25, 0.3) is 0 Å². The molecule has 19 heavy (non-hydrogen) atoms. The third kappa shape index (κ3) is 2.58. The number of carbonyl (C=O) groups excluding carboxylic acids is 1. The number of ketones is 1. The number of nitrogens with zero attached hydrogens (tertiary/aromatic N) is 2. The lowest BCUT2D eigenvalue weighted by Gasteiger charge is -2.05. The smallest absolute Gasteiger partial charge is 0.214 e. The molecule has 2 aromatic rings. The summed E-state index contributed by atoms with van der Waals surface area (Å²) in [6, 6.07) is 4.62. The molecule has 0 unspecified atom stereocenters. The van der Waals surface area contributed by atoms with Crippen LogP contribution >= 0.6 is 27.5 Å².